The van der Waals surface area contributed by atoms with E-state index < -0.39 is 5.97 Å². The van der Waals surface area contributed by atoms with Crippen LogP contribution in [0.5, 0.6) is 0 Å². The van der Waals surface area contributed by atoms with E-state index in [1.807, 2.05) is 0 Å². The number of carbonyl (C=O) groups is 1. The second kappa shape index (κ2) is 5.99. The average molecular weight is 255 g/mol. The molecule has 2 fully saturated rings. The molecule has 2 atom stereocenters. The number of piperidine rings is 1. The minimum Gasteiger partial charge on any atom is -0.481 e. The number of carboxylic acids is 1. The van der Waals surface area contributed by atoms with Crippen LogP contribution >= 0.6 is 0 Å². The molecule has 0 aliphatic carbocycles. The highest BCUT2D eigenvalue weighted by Gasteiger charge is 2.32. The number of aliphatic carboxylic acids is 1. The van der Waals surface area contributed by atoms with Crippen molar-refractivity contribution in [2.75, 3.05) is 39.3 Å². The normalized spacial score (nSPS) is 31.7. The summed E-state index contributed by atoms with van der Waals surface area (Å²) >= 11 is 0. The van der Waals surface area contributed by atoms with Crippen LogP contribution in [-0.2, 0) is 4.79 Å². The van der Waals surface area contributed by atoms with Gasteiger partial charge in [-0.25, -0.2) is 0 Å². The molecular weight excluding hydrogens is 230 g/mol. The molecule has 2 aliphatic rings. The van der Waals surface area contributed by atoms with Crippen LogP contribution in [0, 0.1) is 5.92 Å². The summed E-state index contributed by atoms with van der Waals surface area (Å²) in [7, 11) is 0. The smallest absolute Gasteiger partial charge is 0.307 e. The predicted molar refractivity (Wildman–Crippen MR) is 70.7 cm³/mol. The lowest BCUT2D eigenvalue weighted by atomic mass is 9.94. The van der Waals surface area contributed by atoms with Crippen LogP contribution in [0.3, 0.4) is 0 Å². The number of carboxylic acid groups (broad SMARTS) is 1. The Balaban J connectivity index is 1.84. The molecule has 0 aromatic rings. The van der Waals surface area contributed by atoms with Gasteiger partial charge >= 0.3 is 5.97 Å². The van der Waals surface area contributed by atoms with E-state index in [4.69, 9.17) is 5.11 Å². The molecule has 0 bridgehead atoms. The molecule has 0 amide bonds. The fourth-order valence-corrected chi connectivity index (χ4v) is 3.00. The Labute approximate surface area is 109 Å². The topological polar surface area (TPSA) is 55.8 Å². The molecule has 0 radical (unpaired) electrons. The van der Waals surface area contributed by atoms with E-state index in [0.717, 1.165) is 39.1 Å². The molecule has 104 valence electrons. The summed E-state index contributed by atoms with van der Waals surface area (Å²) in [5.41, 5.74) is 0. The lowest BCUT2D eigenvalue weighted by Gasteiger charge is -2.43. The molecule has 0 unspecified atom stereocenters. The number of hydrogen-bond donors (Lipinski definition) is 2. The van der Waals surface area contributed by atoms with Crippen LogP contribution in [-0.4, -0.2) is 72.2 Å². The Bertz CT molecular complexity index is 288. The zero-order chi connectivity index (χ0) is 13.1. The molecular formula is C13H25N3O2. The molecule has 0 aromatic heterocycles. The van der Waals surface area contributed by atoms with Crippen LogP contribution in [0.1, 0.15) is 20.3 Å². The molecule has 2 N–H and O–H groups in total. The van der Waals surface area contributed by atoms with E-state index in [0.29, 0.717) is 18.6 Å². The highest BCUT2D eigenvalue weighted by molar-refractivity contribution is 5.70. The SMILES string of the molecule is CC(C)N1CCN([C@@H]2CNC[C@H](C(=O)O)C2)CC1. The number of nitrogens with one attached hydrogen (secondary N) is 1. The van der Waals surface area contributed by atoms with Crippen LogP contribution in [0.15, 0.2) is 0 Å². The van der Waals surface area contributed by atoms with E-state index in [1.54, 1.807) is 0 Å². The standard InChI is InChI=1S/C13H25N3O2/c1-10(2)15-3-5-16(6-4-15)12-7-11(13(17)18)8-14-9-12/h10-12,14H,3-9H2,1-2H3,(H,17,18)/t11-,12+/m1/s1. The maximum atomic E-state index is 11.1. The van der Waals surface area contributed by atoms with Crippen LogP contribution in [0.4, 0.5) is 0 Å². The summed E-state index contributed by atoms with van der Waals surface area (Å²) < 4.78 is 0. The highest BCUT2D eigenvalue weighted by Crippen LogP contribution is 2.18. The van der Waals surface area contributed by atoms with E-state index in [1.165, 1.54) is 0 Å². The monoisotopic (exact) mass is 255 g/mol. The van der Waals surface area contributed by atoms with Gasteiger partial charge in [-0.2, -0.15) is 0 Å². The van der Waals surface area contributed by atoms with Crippen LogP contribution in [0.25, 0.3) is 0 Å². The van der Waals surface area contributed by atoms with Gasteiger partial charge in [0.25, 0.3) is 0 Å². The summed E-state index contributed by atoms with van der Waals surface area (Å²) in [5, 5.41) is 12.4. The molecule has 5 nitrogen and oxygen atoms in total. The quantitative estimate of drug-likeness (QED) is 0.748. The molecule has 5 heteroatoms. The molecule has 2 rings (SSSR count). The van der Waals surface area contributed by atoms with Crippen molar-refractivity contribution in [3.8, 4) is 0 Å². The van der Waals surface area contributed by atoms with Crippen LogP contribution in [0.2, 0.25) is 0 Å². The summed E-state index contributed by atoms with van der Waals surface area (Å²) in [4.78, 5) is 16.0. The zero-order valence-corrected chi connectivity index (χ0v) is 11.4. The van der Waals surface area contributed by atoms with Gasteiger partial charge in [-0.1, -0.05) is 0 Å². The predicted octanol–water partition coefficient (Wildman–Crippen LogP) is 0.0751. The highest BCUT2D eigenvalue weighted by atomic mass is 16.4. The van der Waals surface area contributed by atoms with Gasteiger partial charge < -0.3 is 10.4 Å². The van der Waals surface area contributed by atoms with Gasteiger partial charge in [0, 0.05) is 51.4 Å². The van der Waals surface area contributed by atoms with Gasteiger partial charge in [0.15, 0.2) is 0 Å². The largest absolute Gasteiger partial charge is 0.481 e. The first-order chi connectivity index (χ1) is 8.58. The first kappa shape index (κ1) is 13.8. The van der Waals surface area contributed by atoms with E-state index >= 15 is 0 Å². The van der Waals surface area contributed by atoms with Crippen molar-refractivity contribution in [2.24, 2.45) is 5.92 Å². The van der Waals surface area contributed by atoms with Gasteiger partial charge in [-0.05, 0) is 20.3 Å². The molecule has 0 saturated carbocycles. The Morgan fingerprint density at radius 2 is 1.89 bits per heavy atom. The second-order valence-corrected chi connectivity index (χ2v) is 5.75. The minimum absolute atomic E-state index is 0.216. The van der Waals surface area contributed by atoms with Crippen molar-refractivity contribution >= 4 is 5.97 Å². The number of nitrogens with zero attached hydrogens (tertiary/aromatic N) is 2. The molecule has 2 saturated heterocycles. The van der Waals surface area contributed by atoms with Crippen LogP contribution < -0.4 is 5.32 Å². The van der Waals surface area contributed by atoms with Crippen molar-refractivity contribution in [1.29, 1.82) is 0 Å². The molecule has 18 heavy (non-hydrogen) atoms. The van der Waals surface area contributed by atoms with E-state index in [-0.39, 0.29) is 5.92 Å². The summed E-state index contributed by atoms with van der Waals surface area (Å²) in [6.45, 7) is 10.4. The molecule has 0 aromatic carbocycles. The van der Waals surface area contributed by atoms with Crippen molar-refractivity contribution in [2.45, 2.75) is 32.4 Å². The molecule has 2 heterocycles. The lowest BCUT2D eigenvalue weighted by molar-refractivity contribution is -0.143. The van der Waals surface area contributed by atoms with Gasteiger partial charge in [-0.15, -0.1) is 0 Å². The summed E-state index contributed by atoms with van der Waals surface area (Å²) in [6, 6.07) is 1.01. The molecule has 0 spiro atoms. The zero-order valence-electron chi connectivity index (χ0n) is 11.4. The number of rotatable bonds is 3. The first-order valence-electron chi connectivity index (χ1n) is 6.99. The maximum absolute atomic E-state index is 11.1. The van der Waals surface area contributed by atoms with Crippen molar-refractivity contribution in [3.63, 3.8) is 0 Å². The van der Waals surface area contributed by atoms with Crippen molar-refractivity contribution in [3.05, 3.63) is 0 Å². The van der Waals surface area contributed by atoms with Crippen molar-refractivity contribution < 1.29 is 9.90 Å². The van der Waals surface area contributed by atoms with Gasteiger partial charge in [0.05, 0.1) is 5.92 Å². The second-order valence-electron chi connectivity index (χ2n) is 5.75. The van der Waals surface area contributed by atoms with Gasteiger partial charge in [-0.3, -0.25) is 14.6 Å². The fourth-order valence-electron chi connectivity index (χ4n) is 3.00. The third-order valence-electron chi connectivity index (χ3n) is 4.27. The first-order valence-corrected chi connectivity index (χ1v) is 6.99. The number of piperazine rings is 1. The maximum Gasteiger partial charge on any atom is 0.307 e. The summed E-state index contributed by atoms with van der Waals surface area (Å²) in [5.74, 6) is -0.875. The summed E-state index contributed by atoms with van der Waals surface area (Å²) in [6.07, 6.45) is 0.796. The van der Waals surface area contributed by atoms with Gasteiger partial charge in [0.1, 0.15) is 0 Å². The number of hydrogen-bond acceptors (Lipinski definition) is 4. The fraction of sp³-hybridized carbons (Fsp3) is 0.923. The molecule has 2 aliphatic heterocycles. The average Bonchev–Trinajstić information content (AvgIpc) is 2.39. The Morgan fingerprint density at radius 3 is 2.44 bits per heavy atom. The van der Waals surface area contributed by atoms with Crippen molar-refractivity contribution in [1.82, 2.24) is 15.1 Å². The minimum atomic E-state index is -0.659. The van der Waals surface area contributed by atoms with E-state index in [9.17, 15) is 4.79 Å². The Morgan fingerprint density at radius 1 is 1.22 bits per heavy atom. The lowest BCUT2D eigenvalue weighted by Crippen LogP contribution is -2.57. The third-order valence-corrected chi connectivity index (χ3v) is 4.27. The Kier molecular flexibility index (Phi) is 4.59. The van der Waals surface area contributed by atoms with E-state index in [2.05, 4.69) is 29.0 Å². The Hall–Kier alpha value is -0.650. The third kappa shape index (κ3) is 3.22. The van der Waals surface area contributed by atoms with Gasteiger partial charge in [0.2, 0.25) is 0 Å².